The zero-order chi connectivity index (χ0) is 16.8. The Hall–Kier alpha value is -1.85. The molecule has 1 aliphatic carbocycles. The number of rotatable bonds is 6. The highest BCUT2D eigenvalue weighted by Gasteiger charge is 2.30. The summed E-state index contributed by atoms with van der Waals surface area (Å²) < 4.78 is 12.2. The Labute approximate surface area is 137 Å². The molecule has 0 radical (unpaired) electrons. The normalized spacial score (nSPS) is 16.8. The lowest BCUT2D eigenvalue weighted by Crippen LogP contribution is -2.31. The molecular weight excluding hydrogens is 296 g/mol. The third-order valence-electron chi connectivity index (χ3n) is 4.11. The van der Waals surface area contributed by atoms with E-state index < -0.39 is 18.0 Å². The Kier molecular flexibility index (Phi) is 6.19. The Balaban J connectivity index is 2.13. The van der Waals surface area contributed by atoms with E-state index in [2.05, 4.69) is 5.10 Å². The molecule has 0 saturated heterocycles. The average Bonchev–Trinajstić information content (AvgIpc) is 2.84. The summed E-state index contributed by atoms with van der Waals surface area (Å²) in [5, 5.41) is 4.35. The second-order valence-corrected chi connectivity index (χ2v) is 6.09. The summed E-state index contributed by atoms with van der Waals surface area (Å²) in [6.45, 7) is 5.76. The number of ether oxygens (including phenoxy) is 2. The summed E-state index contributed by atoms with van der Waals surface area (Å²) in [5.41, 5.74) is 1.64. The number of hydrogen-bond donors (Lipinski definition) is 0. The maximum atomic E-state index is 12.6. The summed E-state index contributed by atoms with van der Waals surface area (Å²) in [7, 11) is 0. The van der Waals surface area contributed by atoms with Crippen LogP contribution >= 0.6 is 0 Å². The molecule has 1 fully saturated rings. The van der Waals surface area contributed by atoms with Gasteiger partial charge in [0.2, 0.25) is 0 Å². The first-order valence-corrected chi connectivity index (χ1v) is 8.40. The van der Waals surface area contributed by atoms with Crippen LogP contribution in [0, 0.1) is 13.8 Å². The summed E-state index contributed by atoms with van der Waals surface area (Å²) in [6, 6.07) is 1.12. The highest BCUT2D eigenvalue weighted by molar-refractivity contribution is 5.81. The van der Waals surface area contributed by atoms with Crippen molar-refractivity contribution in [2.45, 2.75) is 71.4 Å². The molecule has 6 heteroatoms. The van der Waals surface area contributed by atoms with Crippen LogP contribution in [-0.2, 0) is 19.1 Å². The van der Waals surface area contributed by atoms with Crippen LogP contribution < -0.4 is 0 Å². The molecule has 0 spiro atoms. The van der Waals surface area contributed by atoms with Crippen molar-refractivity contribution in [2.75, 3.05) is 6.61 Å². The van der Waals surface area contributed by atoms with Crippen molar-refractivity contribution in [2.24, 2.45) is 0 Å². The Morgan fingerprint density at radius 1 is 1.30 bits per heavy atom. The Bertz CT molecular complexity index is 547. The van der Waals surface area contributed by atoms with E-state index in [1.165, 1.54) is 6.42 Å². The van der Waals surface area contributed by atoms with Crippen LogP contribution in [-0.4, -0.2) is 34.4 Å². The molecule has 0 aliphatic heterocycles. The van der Waals surface area contributed by atoms with E-state index in [9.17, 15) is 9.59 Å². The topological polar surface area (TPSA) is 70.4 Å². The molecule has 6 nitrogen and oxygen atoms in total. The lowest BCUT2D eigenvalue weighted by molar-refractivity contribution is -0.159. The fraction of sp³-hybridized carbons (Fsp3) is 0.706. The lowest BCUT2D eigenvalue weighted by Gasteiger charge is -2.25. The second-order valence-electron chi connectivity index (χ2n) is 6.09. The second kappa shape index (κ2) is 8.13. The van der Waals surface area contributed by atoms with Crippen LogP contribution in [0.1, 0.15) is 62.9 Å². The van der Waals surface area contributed by atoms with Crippen LogP contribution in [0.5, 0.6) is 0 Å². The number of esters is 2. The standard InChI is InChI=1S/C17H26N2O4/c1-4-22-16(20)11-15(19-13(3)10-12(2)18-19)17(21)23-14-8-6-5-7-9-14/h10,14-15H,4-9,11H2,1-3H3. The van der Waals surface area contributed by atoms with Crippen molar-refractivity contribution >= 4 is 11.9 Å². The number of aryl methyl sites for hydroxylation is 2. The van der Waals surface area contributed by atoms with Gasteiger partial charge in [0.05, 0.1) is 18.7 Å². The molecule has 1 aliphatic rings. The molecule has 1 aromatic heterocycles. The minimum atomic E-state index is -0.760. The van der Waals surface area contributed by atoms with Gasteiger partial charge in [-0.05, 0) is 52.5 Å². The Morgan fingerprint density at radius 2 is 2.00 bits per heavy atom. The molecule has 2 rings (SSSR count). The van der Waals surface area contributed by atoms with Gasteiger partial charge >= 0.3 is 11.9 Å². The molecule has 1 saturated carbocycles. The van der Waals surface area contributed by atoms with E-state index in [0.29, 0.717) is 6.61 Å². The summed E-state index contributed by atoms with van der Waals surface area (Å²) in [6.07, 6.45) is 5.06. The molecule has 0 amide bonds. The van der Waals surface area contributed by atoms with Crippen molar-refractivity contribution in [1.82, 2.24) is 9.78 Å². The SMILES string of the molecule is CCOC(=O)CC(C(=O)OC1CCCCC1)n1nc(C)cc1C. The first-order valence-electron chi connectivity index (χ1n) is 8.40. The largest absolute Gasteiger partial charge is 0.466 e. The molecular formula is C17H26N2O4. The average molecular weight is 322 g/mol. The van der Waals surface area contributed by atoms with E-state index in [1.54, 1.807) is 11.6 Å². The van der Waals surface area contributed by atoms with Gasteiger partial charge in [0.15, 0.2) is 6.04 Å². The zero-order valence-corrected chi connectivity index (χ0v) is 14.2. The minimum absolute atomic E-state index is 0.0436. The predicted octanol–water partition coefficient (Wildman–Crippen LogP) is 2.87. The Morgan fingerprint density at radius 3 is 2.57 bits per heavy atom. The van der Waals surface area contributed by atoms with Crippen molar-refractivity contribution in [3.8, 4) is 0 Å². The van der Waals surface area contributed by atoms with Crippen molar-refractivity contribution in [3.63, 3.8) is 0 Å². The smallest absolute Gasteiger partial charge is 0.331 e. The molecule has 1 aromatic rings. The molecule has 0 aromatic carbocycles. The molecule has 128 valence electrons. The molecule has 1 atom stereocenters. The monoisotopic (exact) mass is 322 g/mol. The molecule has 0 N–H and O–H groups in total. The number of nitrogens with zero attached hydrogens (tertiary/aromatic N) is 2. The van der Waals surface area contributed by atoms with Crippen LogP contribution in [0.4, 0.5) is 0 Å². The third-order valence-corrected chi connectivity index (χ3v) is 4.11. The van der Waals surface area contributed by atoms with Crippen LogP contribution in [0.3, 0.4) is 0 Å². The zero-order valence-electron chi connectivity index (χ0n) is 14.2. The lowest BCUT2D eigenvalue weighted by atomic mass is 9.98. The maximum Gasteiger partial charge on any atom is 0.331 e. The van der Waals surface area contributed by atoms with Gasteiger partial charge in [0.25, 0.3) is 0 Å². The van der Waals surface area contributed by atoms with Crippen LogP contribution in [0.25, 0.3) is 0 Å². The van der Waals surface area contributed by atoms with Gasteiger partial charge in [-0.15, -0.1) is 0 Å². The summed E-state index contributed by atoms with van der Waals surface area (Å²) in [5.74, 6) is -0.804. The van der Waals surface area contributed by atoms with Gasteiger partial charge in [-0.3, -0.25) is 9.48 Å². The van der Waals surface area contributed by atoms with E-state index >= 15 is 0 Å². The molecule has 1 heterocycles. The van der Waals surface area contributed by atoms with Gasteiger partial charge in [-0.25, -0.2) is 4.79 Å². The highest BCUT2D eigenvalue weighted by Crippen LogP contribution is 2.24. The van der Waals surface area contributed by atoms with E-state index in [0.717, 1.165) is 37.1 Å². The third kappa shape index (κ3) is 4.81. The minimum Gasteiger partial charge on any atom is -0.466 e. The van der Waals surface area contributed by atoms with Crippen molar-refractivity contribution in [1.29, 1.82) is 0 Å². The summed E-state index contributed by atoms with van der Waals surface area (Å²) >= 11 is 0. The van der Waals surface area contributed by atoms with Gasteiger partial charge < -0.3 is 9.47 Å². The van der Waals surface area contributed by atoms with E-state index in [-0.39, 0.29) is 12.5 Å². The number of aromatic nitrogens is 2. The quantitative estimate of drug-likeness (QED) is 0.753. The van der Waals surface area contributed by atoms with Crippen molar-refractivity contribution in [3.05, 3.63) is 17.5 Å². The predicted molar refractivity (Wildman–Crippen MR) is 85.0 cm³/mol. The fourth-order valence-corrected chi connectivity index (χ4v) is 3.03. The first kappa shape index (κ1) is 17.5. The number of carbonyl (C=O) groups is 2. The maximum absolute atomic E-state index is 12.6. The van der Waals surface area contributed by atoms with Gasteiger partial charge in [0, 0.05) is 5.69 Å². The van der Waals surface area contributed by atoms with Crippen molar-refractivity contribution < 1.29 is 19.1 Å². The van der Waals surface area contributed by atoms with E-state index in [1.807, 2.05) is 19.9 Å². The molecule has 0 bridgehead atoms. The van der Waals surface area contributed by atoms with Gasteiger partial charge in [0.1, 0.15) is 6.10 Å². The number of carbonyl (C=O) groups excluding carboxylic acids is 2. The highest BCUT2D eigenvalue weighted by atomic mass is 16.5. The van der Waals surface area contributed by atoms with Crippen LogP contribution in [0.15, 0.2) is 6.07 Å². The van der Waals surface area contributed by atoms with Crippen LogP contribution in [0.2, 0.25) is 0 Å². The molecule has 1 unspecified atom stereocenters. The number of hydrogen-bond acceptors (Lipinski definition) is 5. The van der Waals surface area contributed by atoms with E-state index in [4.69, 9.17) is 9.47 Å². The summed E-state index contributed by atoms with van der Waals surface area (Å²) in [4.78, 5) is 24.5. The molecule has 23 heavy (non-hydrogen) atoms. The fourth-order valence-electron chi connectivity index (χ4n) is 3.03. The van der Waals surface area contributed by atoms with Gasteiger partial charge in [-0.2, -0.15) is 5.10 Å². The first-order chi connectivity index (χ1) is 11.0. The van der Waals surface area contributed by atoms with Gasteiger partial charge in [-0.1, -0.05) is 6.42 Å².